The molecule has 0 bridgehead atoms. The molecule has 0 aromatic rings. The third kappa shape index (κ3) is 3.74. The highest BCUT2D eigenvalue weighted by Crippen LogP contribution is 2.25. The summed E-state index contributed by atoms with van der Waals surface area (Å²) in [6.45, 7) is 6.38. The second kappa shape index (κ2) is 7.14. The van der Waals surface area contributed by atoms with Crippen molar-refractivity contribution in [3.05, 3.63) is 0 Å². The second-order valence-corrected chi connectivity index (χ2v) is 2.73. The van der Waals surface area contributed by atoms with Crippen LogP contribution in [-0.4, -0.2) is 12.6 Å². The zero-order valence-corrected chi connectivity index (χ0v) is 8.43. The molecule has 1 aliphatic rings. The molecule has 0 atom stereocenters. The third-order valence-electron chi connectivity index (χ3n) is 1.98. The first-order valence-electron chi connectivity index (χ1n) is 5.01. The highest BCUT2D eigenvalue weighted by atomic mass is 16.5. The smallest absolute Gasteiger partial charge is 0.308 e. The van der Waals surface area contributed by atoms with Crippen LogP contribution in [0.4, 0.5) is 0 Å². The monoisotopic (exact) mass is 172 g/mol. The maximum atomic E-state index is 11.0. The fraction of sp³-hybridized carbons (Fsp3) is 0.900. The summed E-state index contributed by atoms with van der Waals surface area (Å²) in [5.41, 5.74) is 0. The number of rotatable bonds is 2. The van der Waals surface area contributed by atoms with Crippen LogP contribution in [0.15, 0.2) is 0 Å². The standard InChI is InChI=1S/C8H14O2.C2H6/c1-2-10-8(9)7-5-3-4-6-7;1-2/h7H,2-6H2,1H3;1-2H3. The average molecular weight is 172 g/mol. The second-order valence-electron chi connectivity index (χ2n) is 2.73. The molecule has 0 saturated heterocycles. The molecule has 1 aliphatic carbocycles. The highest BCUT2D eigenvalue weighted by molar-refractivity contribution is 5.72. The number of hydrogen-bond donors (Lipinski definition) is 0. The van der Waals surface area contributed by atoms with Crippen molar-refractivity contribution in [2.45, 2.75) is 46.5 Å². The lowest BCUT2D eigenvalue weighted by molar-refractivity contribution is -0.147. The Hall–Kier alpha value is -0.530. The molecule has 0 amide bonds. The summed E-state index contributed by atoms with van der Waals surface area (Å²) in [5.74, 6) is 0.236. The molecule has 2 nitrogen and oxygen atoms in total. The molecule has 12 heavy (non-hydrogen) atoms. The first kappa shape index (κ1) is 11.5. The molecule has 0 aliphatic heterocycles. The van der Waals surface area contributed by atoms with Crippen molar-refractivity contribution in [2.24, 2.45) is 5.92 Å². The van der Waals surface area contributed by atoms with Gasteiger partial charge in [-0.3, -0.25) is 4.79 Å². The van der Waals surface area contributed by atoms with E-state index < -0.39 is 0 Å². The molecule has 0 heterocycles. The molecule has 0 unspecified atom stereocenters. The van der Waals surface area contributed by atoms with Gasteiger partial charge in [0.05, 0.1) is 12.5 Å². The maximum absolute atomic E-state index is 11.0. The van der Waals surface area contributed by atoms with Gasteiger partial charge in [-0.2, -0.15) is 0 Å². The molecular weight excluding hydrogens is 152 g/mol. The Labute approximate surface area is 75.3 Å². The van der Waals surface area contributed by atoms with Crippen LogP contribution < -0.4 is 0 Å². The van der Waals surface area contributed by atoms with Gasteiger partial charge < -0.3 is 4.74 Å². The Kier molecular flexibility index (Phi) is 6.82. The van der Waals surface area contributed by atoms with Crippen LogP contribution in [0.5, 0.6) is 0 Å². The van der Waals surface area contributed by atoms with E-state index in [-0.39, 0.29) is 11.9 Å². The number of hydrogen-bond acceptors (Lipinski definition) is 2. The van der Waals surface area contributed by atoms with Crippen molar-refractivity contribution >= 4 is 5.97 Å². The SMILES string of the molecule is CC.CCOC(=O)C1CCCC1. The van der Waals surface area contributed by atoms with Gasteiger partial charge in [-0.05, 0) is 19.8 Å². The van der Waals surface area contributed by atoms with Gasteiger partial charge in [-0.1, -0.05) is 26.7 Å². The summed E-state index contributed by atoms with van der Waals surface area (Å²) in [7, 11) is 0. The molecule has 72 valence electrons. The fourth-order valence-corrected chi connectivity index (χ4v) is 1.42. The van der Waals surface area contributed by atoms with Crippen molar-refractivity contribution in [1.29, 1.82) is 0 Å². The lowest BCUT2D eigenvalue weighted by Crippen LogP contribution is -2.13. The molecule has 0 N–H and O–H groups in total. The summed E-state index contributed by atoms with van der Waals surface area (Å²) in [6, 6.07) is 0. The Balaban J connectivity index is 0.000000561. The van der Waals surface area contributed by atoms with Crippen LogP contribution in [0.1, 0.15) is 46.5 Å². The zero-order chi connectivity index (χ0) is 9.40. The summed E-state index contributed by atoms with van der Waals surface area (Å²) in [5, 5.41) is 0. The van der Waals surface area contributed by atoms with E-state index in [1.807, 2.05) is 20.8 Å². The number of esters is 1. The van der Waals surface area contributed by atoms with Crippen LogP contribution in [0.2, 0.25) is 0 Å². The van der Waals surface area contributed by atoms with Gasteiger partial charge in [0.1, 0.15) is 0 Å². The molecule has 1 rings (SSSR count). The van der Waals surface area contributed by atoms with Crippen LogP contribution in [0.25, 0.3) is 0 Å². The van der Waals surface area contributed by atoms with E-state index in [2.05, 4.69) is 0 Å². The van der Waals surface area contributed by atoms with E-state index in [1.165, 1.54) is 12.8 Å². The van der Waals surface area contributed by atoms with E-state index in [0.29, 0.717) is 6.61 Å². The lowest BCUT2D eigenvalue weighted by atomic mass is 10.1. The van der Waals surface area contributed by atoms with Crippen LogP contribution in [0.3, 0.4) is 0 Å². The first-order chi connectivity index (χ1) is 5.84. The molecule has 1 saturated carbocycles. The van der Waals surface area contributed by atoms with Crippen molar-refractivity contribution < 1.29 is 9.53 Å². The number of carbonyl (C=O) groups excluding carboxylic acids is 1. The minimum absolute atomic E-state index is 0.0139. The Morgan fingerprint density at radius 3 is 2.25 bits per heavy atom. The quantitative estimate of drug-likeness (QED) is 0.599. The Morgan fingerprint density at radius 1 is 1.33 bits per heavy atom. The van der Waals surface area contributed by atoms with Gasteiger partial charge in [-0.25, -0.2) is 0 Å². The molecule has 0 spiro atoms. The highest BCUT2D eigenvalue weighted by Gasteiger charge is 2.23. The summed E-state index contributed by atoms with van der Waals surface area (Å²) >= 11 is 0. The van der Waals surface area contributed by atoms with Gasteiger partial charge in [0, 0.05) is 0 Å². The predicted molar refractivity (Wildman–Crippen MR) is 49.9 cm³/mol. The molecule has 0 aromatic heterocycles. The molecule has 0 radical (unpaired) electrons. The third-order valence-corrected chi connectivity index (χ3v) is 1.98. The number of ether oxygens (including phenoxy) is 1. The first-order valence-corrected chi connectivity index (χ1v) is 5.01. The number of carbonyl (C=O) groups is 1. The molecular formula is C10H20O2. The van der Waals surface area contributed by atoms with E-state index >= 15 is 0 Å². The summed E-state index contributed by atoms with van der Waals surface area (Å²) in [4.78, 5) is 11.0. The van der Waals surface area contributed by atoms with Gasteiger partial charge in [0.25, 0.3) is 0 Å². The van der Waals surface area contributed by atoms with Gasteiger partial charge >= 0.3 is 5.97 Å². The summed E-state index contributed by atoms with van der Waals surface area (Å²) in [6.07, 6.45) is 4.48. The average Bonchev–Trinajstić information content (AvgIpc) is 2.60. The van der Waals surface area contributed by atoms with Crippen LogP contribution in [-0.2, 0) is 9.53 Å². The van der Waals surface area contributed by atoms with Crippen molar-refractivity contribution in [3.8, 4) is 0 Å². The van der Waals surface area contributed by atoms with E-state index in [0.717, 1.165) is 12.8 Å². The maximum Gasteiger partial charge on any atom is 0.308 e. The molecule has 2 heteroatoms. The minimum atomic E-state index is 0.0139. The zero-order valence-electron chi connectivity index (χ0n) is 8.43. The van der Waals surface area contributed by atoms with Gasteiger partial charge in [-0.15, -0.1) is 0 Å². The normalized spacial score (nSPS) is 16.6. The topological polar surface area (TPSA) is 26.3 Å². The molecule has 0 aromatic carbocycles. The van der Waals surface area contributed by atoms with E-state index in [1.54, 1.807) is 0 Å². The van der Waals surface area contributed by atoms with Crippen molar-refractivity contribution in [3.63, 3.8) is 0 Å². The van der Waals surface area contributed by atoms with E-state index in [9.17, 15) is 4.79 Å². The fourth-order valence-electron chi connectivity index (χ4n) is 1.42. The van der Waals surface area contributed by atoms with Crippen molar-refractivity contribution in [2.75, 3.05) is 6.61 Å². The lowest BCUT2D eigenvalue weighted by Gasteiger charge is -2.06. The minimum Gasteiger partial charge on any atom is -0.466 e. The van der Waals surface area contributed by atoms with Gasteiger partial charge in [0.15, 0.2) is 0 Å². The Bertz CT molecular complexity index is 115. The van der Waals surface area contributed by atoms with Crippen LogP contribution >= 0.6 is 0 Å². The summed E-state index contributed by atoms with van der Waals surface area (Å²) < 4.78 is 4.89. The van der Waals surface area contributed by atoms with Crippen LogP contribution in [0, 0.1) is 5.92 Å². The molecule has 1 fully saturated rings. The van der Waals surface area contributed by atoms with E-state index in [4.69, 9.17) is 4.74 Å². The largest absolute Gasteiger partial charge is 0.466 e. The Morgan fingerprint density at radius 2 is 1.83 bits per heavy atom. The van der Waals surface area contributed by atoms with Gasteiger partial charge in [0.2, 0.25) is 0 Å². The van der Waals surface area contributed by atoms with Crippen molar-refractivity contribution in [1.82, 2.24) is 0 Å². The predicted octanol–water partition coefficient (Wildman–Crippen LogP) is 2.77.